The second kappa shape index (κ2) is 8.37. The van der Waals surface area contributed by atoms with Crippen LogP contribution in [0.1, 0.15) is 47.6 Å². The number of fused-ring (bicyclic) bond motifs is 1. The predicted octanol–water partition coefficient (Wildman–Crippen LogP) is 3.45. The third kappa shape index (κ3) is 4.04. The van der Waals surface area contributed by atoms with Gasteiger partial charge in [-0.25, -0.2) is 0 Å². The third-order valence-corrected chi connectivity index (χ3v) is 4.80. The van der Waals surface area contributed by atoms with E-state index in [4.69, 9.17) is 9.47 Å². The van der Waals surface area contributed by atoms with Gasteiger partial charge in [0.1, 0.15) is 11.5 Å². The molecule has 5 heteroatoms. The molecule has 0 heterocycles. The Kier molecular flexibility index (Phi) is 5.94. The number of carbonyl (C=O) groups is 1. The number of aryl methyl sites for hydroxylation is 1. The maximum Gasteiger partial charge on any atom is 0.308 e. The van der Waals surface area contributed by atoms with Gasteiger partial charge in [0.25, 0.3) is 0 Å². The van der Waals surface area contributed by atoms with Crippen molar-refractivity contribution in [3.05, 3.63) is 64.2 Å². The Hall–Kier alpha value is -2.63. The Morgan fingerprint density at radius 2 is 1.85 bits per heavy atom. The molecule has 142 valence electrons. The number of hydrogen-bond acceptors (Lipinski definition) is 5. The number of ether oxygens (including phenoxy) is 2. The second-order valence-corrected chi connectivity index (χ2v) is 6.59. The zero-order valence-corrected chi connectivity index (χ0v) is 15.6. The topological polar surface area (TPSA) is 76.0 Å². The zero-order chi connectivity index (χ0) is 19.4. The molecule has 27 heavy (non-hydrogen) atoms. The van der Waals surface area contributed by atoms with Crippen molar-refractivity contribution in [1.29, 1.82) is 0 Å². The van der Waals surface area contributed by atoms with Gasteiger partial charge in [-0.05, 0) is 53.6 Å². The summed E-state index contributed by atoms with van der Waals surface area (Å²) in [6.07, 6.45) is 2.38. The zero-order valence-electron chi connectivity index (χ0n) is 15.6. The van der Waals surface area contributed by atoms with Crippen LogP contribution < -0.4 is 4.74 Å². The third-order valence-electron chi connectivity index (χ3n) is 4.80. The summed E-state index contributed by atoms with van der Waals surface area (Å²) >= 11 is 0. The van der Waals surface area contributed by atoms with Crippen LogP contribution in [0.25, 0.3) is 11.3 Å². The molecule has 2 N–H and O–H groups in total. The van der Waals surface area contributed by atoms with Crippen LogP contribution >= 0.6 is 0 Å². The molecule has 0 bridgehead atoms. The predicted molar refractivity (Wildman–Crippen MR) is 103 cm³/mol. The summed E-state index contributed by atoms with van der Waals surface area (Å²) in [6, 6.07) is 11.2. The molecule has 2 aromatic carbocycles. The van der Waals surface area contributed by atoms with Gasteiger partial charge in [0, 0.05) is 18.1 Å². The van der Waals surface area contributed by atoms with Gasteiger partial charge >= 0.3 is 5.97 Å². The van der Waals surface area contributed by atoms with Crippen molar-refractivity contribution in [2.24, 2.45) is 0 Å². The van der Waals surface area contributed by atoms with Crippen molar-refractivity contribution in [2.45, 2.75) is 39.4 Å². The summed E-state index contributed by atoms with van der Waals surface area (Å²) in [5.41, 5.74) is 5.18. The van der Waals surface area contributed by atoms with Crippen LogP contribution in [0.4, 0.5) is 0 Å². The molecule has 0 amide bonds. The molecule has 3 rings (SSSR count). The quantitative estimate of drug-likeness (QED) is 0.791. The van der Waals surface area contributed by atoms with Gasteiger partial charge in [-0.2, -0.15) is 0 Å². The largest absolute Gasteiger partial charge is 0.497 e. The molecule has 0 saturated carbocycles. The molecule has 0 fully saturated rings. The minimum Gasteiger partial charge on any atom is -0.497 e. The van der Waals surface area contributed by atoms with Gasteiger partial charge in [0.15, 0.2) is 0 Å². The number of allylic oxidation sites excluding steroid dienone is 1. The van der Waals surface area contributed by atoms with Crippen LogP contribution in [0.5, 0.6) is 5.75 Å². The lowest BCUT2D eigenvalue weighted by molar-refractivity contribution is -0.134. The number of carbonyl (C=O) groups excluding carboxylic acids is 1. The maximum atomic E-state index is 11.8. The van der Waals surface area contributed by atoms with Crippen LogP contribution in [-0.2, 0) is 29.2 Å². The van der Waals surface area contributed by atoms with Crippen LogP contribution in [-0.4, -0.2) is 23.3 Å². The first-order chi connectivity index (χ1) is 13.1. The van der Waals surface area contributed by atoms with E-state index in [1.165, 1.54) is 6.92 Å². The molecule has 0 atom stereocenters. The number of benzene rings is 2. The molecule has 0 spiro atoms. The van der Waals surface area contributed by atoms with Gasteiger partial charge in [0.05, 0.1) is 20.3 Å². The van der Waals surface area contributed by atoms with Crippen molar-refractivity contribution >= 4 is 17.3 Å². The fourth-order valence-corrected chi connectivity index (χ4v) is 3.52. The Morgan fingerprint density at radius 3 is 2.52 bits per heavy atom. The lowest BCUT2D eigenvalue weighted by Gasteiger charge is -2.18. The highest BCUT2D eigenvalue weighted by atomic mass is 16.5. The summed E-state index contributed by atoms with van der Waals surface area (Å²) in [4.78, 5) is 11.8. The maximum absolute atomic E-state index is 11.8. The first kappa shape index (κ1) is 19.1. The van der Waals surface area contributed by atoms with E-state index in [-0.39, 0.29) is 13.2 Å². The molecule has 5 nitrogen and oxygen atoms in total. The highest BCUT2D eigenvalue weighted by Crippen LogP contribution is 2.39. The van der Waals surface area contributed by atoms with E-state index in [1.54, 1.807) is 13.2 Å². The SMILES string of the molecule is COc1ccc(CO)c(C2=C(OC(C)=O)c3ccc(CO)cc3CCC2)c1. The normalized spacial score (nSPS) is 13.8. The minimum absolute atomic E-state index is 0.0305. The number of esters is 1. The number of hydrogen-bond donors (Lipinski definition) is 2. The van der Waals surface area contributed by atoms with Gasteiger partial charge < -0.3 is 19.7 Å². The van der Waals surface area contributed by atoms with Crippen molar-refractivity contribution in [3.63, 3.8) is 0 Å². The highest BCUT2D eigenvalue weighted by Gasteiger charge is 2.23. The van der Waals surface area contributed by atoms with E-state index in [0.29, 0.717) is 17.9 Å². The molecular formula is C22H24O5. The number of aliphatic hydroxyl groups excluding tert-OH is 2. The molecular weight excluding hydrogens is 344 g/mol. The Labute approximate surface area is 158 Å². The molecule has 0 aliphatic heterocycles. The molecule has 0 unspecified atom stereocenters. The molecule has 0 radical (unpaired) electrons. The number of aliphatic hydroxyl groups is 2. The monoisotopic (exact) mass is 368 g/mol. The van der Waals surface area contributed by atoms with Crippen molar-refractivity contribution < 1.29 is 24.5 Å². The van der Waals surface area contributed by atoms with Crippen molar-refractivity contribution in [3.8, 4) is 5.75 Å². The van der Waals surface area contributed by atoms with Crippen molar-refractivity contribution in [2.75, 3.05) is 7.11 Å². The summed E-state index contributed by atoms with van der Waals surface area (Å²) in [7, 11) is 1.60. The first-order valence-corrected chi connectivity index (χ1v) is 9.00. The molecule has 2 aromatic rings. The van der Waals surface area contributed by atoms with Gasteiger partial charge in [0.2, 0.25) is 0 Å². The van der Waals surface area contributed by atoms with Gasteiger partial charge in [-0.15, -0.1) is 0 Å². The van der Waals surface area contributed by atoms with E-state index in [9.17, 15) is 15.0 Å². The van der Waals surface area contributed by atoms with E-state index in [1.807, 2.05) is 30.3 Å². The number of methoxy groups -OCH3 is 1. The van der Waals surface area contributed by atoms with Crippen molar-refractivity contribution in [1.82, 2.24) is 0 Å². The van der Waals surface area contributed by atoms with E-state index < -0.39 is 5.97 Å². The van der Waals surface area contributed by atoms with E-state index in [0.717, 1.165) is 46.2 Å². The fraction of sp³-hybridized carbons (Fsp3) is 0.318. The van der Waals surface area contributed by atoms with E-state index >= 15 is 0 Å². The lowest BCUT2D eigenvalue weighted by Crippen LogP contribution is -2.05. The Morgan fingerprint density at radius 1 is 1.04 bits per heavy atom. The summed E-state index contributed by atoms with van der Waals surface area (Å²) < 4.78 is 11.0. The Bertz CT molecular complexity index is 882. The first-order valence-electron chi connectivity index (χ1n) is 9.00. The number of rotatable bonds is 5. The summed E-state index contributed by atoms with van der Waals surface area (Å²) in [5.74, 6) is 0.800. The van der Waals surface area contributed by atoms with Crippen LogP contribution in [0, 0.1) is 0 Å². The van der Waals surface area contributed by atoms with Crippen LogP contribution in [0.3, 0.4) is 0 Å². The molecule has 1 aliphatic carbocycles. The van der Waals surface area contributed by atoms with Crippen LogP contribution in [0.15, 0.2) is 36.4 Å². The highest BCUT2D eigenvalue weighted by molar-refractivity contribution is 5.94. The minimum atomic E-state index is -0.393. The van der Waals surface area contributed by atoms with Gasteiger partial charge in [-0.3, -0.25) is 4.79 Å². The van der Waals surface area contributed by atoms with E-state index in [2.05, 4.69) is 0 Å². The van der Waals surface area contributed by atoms with Gasteiger partial charge in [-0.1, -0.05) is 24.3 Å². The molecule has 0 aromatic heterocycles. The fourth-order valence-electron chi connectivity index (χ4n) is 3.52. The summed E-state index contributed by atoms with van der Waals surface area (Å²) in [6.45, 7) is 1.24. The molecule has 0 saturated heterocycles. The standard InChI is InChI=1S/C22H24O5/c1-14(25)27-22-19-9-6-15(12-23)10-16(19)4-3-5-20(22)21-11-18(26-2)8-7-17(21)13-24/h6-11,23-24H,3-5,12-13H2,1-2H3. The average molecular weight is 368 g/mol. The Balaban J connectivity index is 2.25. The molecule has 1 aliphatic rings. The summed E-state index contributed by atoms with van der Waals surface area (Å²) in [5, 5.41) is 19.3. The second-order valence-electron chi connectivity index (χ2n) is 6.59. The van der Waals surface area contributed by atoms with Crippen LogP contribution in [0.2, 0.25) is 0 Å². The smallest absolute Gasteiger partial charge is 0.308 e. The lowest BCUT2D eigenvalue weighted by atomic mass is 9.94. The average Bonchev–Trinajstić information content (AvgIpc) is 2.86.